The van der Waals surface area contributed by atoms with E-state index in [0.717, 1.165) is 6.42 Å². The molecule has 0 N–H and O–H groups in total. The maximum Gasteiger partial charge on any atom is -0.000719 e. The van der Waals surface area contributed by atoms with Crippen LogP contribution in [-0.2, 0) is 6.42 Å². The average molecular weight is 270 g/mol. The van der Waals surface area contributed by atoms with Gasteiger partial charge in [-0.15, -0.1) is 0 Å². The summed E-state index contributed by atoms with van der Waals surface area (Å²) in [5.74, 6) is 0. The fourth-order valence-electron chi connectivity index (χ4n) is 3.43. The fourth-order valence-corrected chi connectivity index (χ4v) is 3.43. The molecule has 3 aromatic carbocycles. The normalized spacial score (nSPS) is 12.1. The fraction of sp³-hybridized carbons (Fsp3) is 0.143. The van der Waals surface area contributed by atoms with Crippen LogP contribution in [0.4, 0.5) is 0 Å². The van der Waals surface area contributed by atoms with E-state index in [1.54, 1.807) is 0 Å². The molecule has 0 spiro atoms. The van der Waals surface area contributed by atoms with Crippen molar-refractivity contribution in [3.8, 4) is 22.3 Å². The van der Waals surface area contributed by atoms with E-state index in [4.69, 9.17) is 0 Å². The number of benzene rings is 3. The lowest BCUT2D eigenvalue weighted by atomic mass is 9.95. The summed E-state index contributed by atoms with van der Waals surface area (Å²) in [6.45, 7) is 4.33. The molecule has 0 bridgehead atoms. The van der Waals surface area contributed by atoms with Crippen LogP contribution in [0.15, 0.2) is 60.7 Å². The standard InChI is InChI=1S/C21H18/c1-14-5-3-6-16(11-14)18-7-4-8-20-19-10-9-15(2)12-17(19)13-21(18)20/h3-12H,13H2,1-2H3. The van der Waals surface area contributed by atoms with Gasteiger partial charge in [0.2, 0.25) is 0 Å². The Kier molecular flexibility index (Phi) is 2.71. The van der Waals surface area contributed by atoms with Gasteiger partial charge in [-0.3, -0.25) is 0 Å². The second-order valence-electron chi connectivity index (χ2n) is 6.04. The number of aryl methyl sites for hydroxylation is 2. The van der Waals surface area contributed by atoms with Gasteiger partial charge in [0.1, 0.15) is 0 Å². The van der Waals surface area contributed by atoms with Gasteiger partial charge in [0.15, 0.2) is 0 Å². The third kappa shape index (κ3) is 1.99. The Hall–Kier alpha value is -2.34. The molecule has 0 radical (unpaired) electrons. The molecule has 0 heterocycles. The van der Waals surface area contributed by atoms with Crippen molar-refractivity contribution in [1.82, 2.24) is 0 Å². The van der Waals surface area contributed by atoms with E-state index in [1.807, 2.05) is 0 Å². The minimum Gasteiger partial charge on any atom is -0.0614 e. The van der Waals surface area contributed by atoms with Crippen molar-refractivity contribution in [2.24, 2.45) is 0 Å². The first kappa shape index (κ1) is 12.4. The summed E-state index contributed by atoms with van der Waals surface area (Å²) >= 11 is 0. The zero-order valence-electron chi connectivity index (χ0n) is 12.5. The highest BCUT2D eigenvalue weighted by atomic mass is 14.2. The van der Waals surface area contributed by atoms with Gasteiger partial charge in [0.25, 0.3) is 0 Å². The quantitative estimate of drug-likeness (QED) is 0.426. The van der Waals surface area contributed by atoms with Crippen LogP contribution in [0.3, 0.4) is 0 Å². The van der Waals surface area contributed by atoms with E-state index in [-0.39, 0.29) is 0 Å². The van der Waals surface area contributed by atoms with Crippen molar-refractivity contribution in [3.63, 3.8) is 0 Å². The molecular weight excluding hydrogens is 252 g/mol. The third-order valence-electron chi connectivity index (χ3n) is 4.42. The summed E-state index contributed by atoms with van der Waals surface area (Å²) in [5.41, 5.74) is 11.1. The van der Waals surface area contributed by atoms with E-state index >= 15 is 0 Å². The molecule has 0 fully saturated rings. The number of rotatable bonds is 1. The minimum atomic E-state index is 1.05. The van der Waals surface area contributed by atoms with Crippen LogP contribution in [0.5, 0.6) is 0 Å². The smallest absolute Gasteiger partial charge is 0.000719 e. The van der Waals surface area contributed by atoms with Gasteiger partial charge in [-0.2, -0.15) is 0 Å². The molecule has 1 aliphatic rings. The topological polar surface area (TPSA) is 0 Å². The lowest BCUT2D eigenvalue weighted by Gasteiger charge is -2.09. The van der Waals surface area contributed by atoms with Gasteiger partial charge in [-0.05, 0) is 53.6 Å². The molecule has 102 valence electrons. The molecule has 0 aromatic heterocycles. The molecule has 21 heavy (non-hydrogen) atoms. The largest absolute Gasteiger partial charge is 0.0614 e. The summed E-state index contributed by atoms with van der Waals surface area (Å²) in [4.78, 5) is 0. The molecule has 1 aliphatic carbocycles. The summed E-state index contributed by atoms with van der Waals surface area (Å²) in [5, 5.41) is 0. The van der Waals surface area contributed by atoms with Crippen LogP contribution < -0.4 is 0 Å². The molecule has 0 heteroatoms. The molecule has 0 amide bonds. The second-order valence-corrected chi connectivity index (χ2v) is 6.04. The predicted molar refractivity (Wildman–Crippen MR) is 89.6 cm³/mol. The van der Waals surface area contributed by atoms with E-state index in [0.29, 0.717) is 0 Å². The predicted octanol–water partition coefficient (Wildman–Crippen LogP) is 5.54. The van der Waals surface area contributed by atoms with E-state index in [1.165, 1.54) is 44.5 Å². The summed E-state index contributed by atoms with van der Waals surface area (Å²) in [7, 11) is 0. The van der Waals surface area contributed by atoms with Gasteiger partial charge < -0.3 is 0 Å². The lowest BCUT2D eigenvalue weighted by molar-refractivity contribution is 1.25. The van der Waals surface area contributed by atoms with Crippen molar-refractivity contribution in [1.29, 1.82) is 0 Å². The monoisotopic (exact) mass is 270 g/mol. The molecular formula is C21H18. The summed E-state index contributed by atoms with van der Waals surface area (Å²) in [6, 6.07) is 22.3. The minimum absolute atomic E-state index is 1.05. The zero-order valence-corrected chi connectivity index (χ0v) is 12.5. The Balaban J connectivity index is 1.92. The number of fused-ring (bicyclic) bond motifs is 3. The van der Waals surface area contributed by atoms with Crippen molar-refractivity contribution >= 4 is 0 Å². The maximum atomic E-state index is 2.33. The van der Waals surface area contributed by atoms with Crippen molar-refractivity contribution in [2.75, 3.05) is 0 Å². The molecule has 0 aliphatic heterocycles. The molecule has 0 nitrogen and oxygen atoms in total. The van der Waals surface area contributed by atoms with Crippen molar-refractivity contribution < 1.29 is 0 Å². The van der Waals surface area contributed by atoms with Crippen LogP contribution >= 0.6 is 0 Å². The van der Waals surface area contributed by atoms with Crippen LogP contribution in [0.1, 0.15) is 22.3 Å². The lowest BCUT2D eigenvalue weighted by Crippen LogP contribution is -1.88. The van der Waals surface area contributed by atoms with E-state index < -0.39 is 0 Å². The summed E-state index contributed by atoms with van der Waals surface area (Å²) < 4.78 is 0. The van der Waals surface area contributed by atoms with Gasteiger partial charge in [0, 0.05) is 0 Å². The first-order valence-electron chi connectivity index (χ1n) is 7.51. The van der Waals surface area contributed by atoms with Crippen molar-refractivity contribution in [2.45, 2.75) is 20.3 Å². The van der Waals surface area contributed by atoms with Crippen LogP contribution in [-0.4, -0.2) is 0 Å². The molecule has 4 rings (SSSR count). The highest BCUT2D eigenvalue weighted by molar-refractivity contribution is 5.85. The number of hydrogen-bond donors (Lipinski definition) is 0. The Morgan fingerprint density at radius 2 is 1.43 bits per heavy atom. The van der Waals surface area contributed by atoms with Gasteiger partial charge in [-0.1, -0.05) is 71.8 Å². The Bertz CT molecular complexity index is 840. The van der Waals surface area contributed by atoms with Gasteiger partial charge in [0.05, 0.1) is 0 Å². The van der Waals surface area contributed by atoms with E-state index in [2.05, 4.69) is 74.5 Å². The highest BCUT2D eigenvalue weighted by Crippen LogP contribution is 2.41. The maximum absolute atomic E-state index is 2.33. The molecule has 0 saturated carbocycles. The van der Waals surface area contributed by atoms with Gasteiger partial charge in [-0.25, -0.2) is 0 Å². The van der Waals surface area contributed by atoms with Crippen LogP contribution in [0.2, 0.25) is 0 Å². The molecule has 0 unspecified atom stereocenters. The first-order chi connectivity index (χ1) is 10.2. The first-order valence-corrected chi connectivity index (χ1v) is 7.51. The average Bonchev–Trinajstić information content (AvgIpc) is 2.84. The SMILES string of the molecule is Cc1cccc(-c2cccc3c2Cc2cc(C)ccc2-3)c1. The second kappa shape index (κ2) is 4.60. The zero-order chi connectivity index (χ0) is 14.4. The molecule has 0 saturated heterocycles. The molecule has 3 aromatic rings. The van der Waals surface area contributed by atoms with Gasteiger partial charge >= 0.3 is 0 Å². The van der Waals surface area contributed by atoms with Crippen LogP contribution in [0.25, 0.3) is 22.3 Å². The highest BCUT2D eigenvalue weighted by Gasteiger charge is 2.21. The number of hydrogen-bond acceptors (Lipinski definition) is 0. The van der Waals surface area contributed by atoms with Crippen LogP contribution in [0, 0.1) is 13.8 Å². The Morgan fingerprint density at radius 1 is 0.667 bits per heavy atom. The third-order valence-corrected chi connectivity index (χ3v) is 4.42. The van der Waals surface area contributed by atoms with Crippen molar-refractivity contribution in [3.05, 3.63) is 82.9 Å². The Labute approximate surface area is 126 Å². The van der Waals surface area contributed by atoms with E-state index in [9.17, 15) is 0 Å². The Morgan fingerprint density at radius 3 is 2.29 bits per heavy atom. The summed E-state index contributed by atoms with van der Waals surface area (Å²) in [6.07, 6.45) is 1.05. The molecule has 0 atom stereocenters.